The number of rotatable bonds is 25. The topological polar surface area (TPSA) is 92.3 Å². The van der Waals surface area contributed by atoms with E-state index >= 15 is 0 Å². The van der Waals surface area contributed by atoms with Gasteiger partial charge in [-0.1, -0.05) is 89.0 Å². The first-order chi connectivity index (χ1) is 22.3. The predicted molar refractivity (Wildman–Crippen MR) is 182 cm³/mol. The number of ether oxygens (including phenoxy) is 3. The van der Waals surface area contributed by atoms with E-state index in [-0.39, 0.29) is 13.2 Å². The third-order valence-electron chi connectivity index (χ3n) is 7.89. The highest BCUT2D eigenvalue weighted by Gasteiger charge is 2.27. The molecule has 2 atom stereocenters. The summed E-state index contributed by atoms with van der Waals surface area (Å²) in [6.45, 7) is 10.5. The monoisotopic (exact) mass is 659 g/mol. The van der Waals surface area contributed by atoms with E-state index in [1.54, 1.807) is 12.1 Å². The average molecular weight is 660 g/mol. The van der Waals surface area contributed by atoms with Gasteiger partial charge in [0.1, 0.15) is 48.9 Å². The maximum Gasteiger partial charge on any atom is 0.527 e. The quantitative estimate of drug-likeness (QED) is 0.0555. The van der Waals surface area contributed by atoms with Crippen LogP contribution in [0.25, 0.3) is 0 Å². The van der Waals surface area contributed by atoms with Gasteiger partial charge in [0.05, 0.1) is 19.8 Å². The van der Waals surface area contributed by atoms with Gasteiger partial charge in [0, 0.05) is 17.7 Å². The lowest BCUT2D eigenvalue weighted by molar-refractivity contribution is -0.687. The van der Waals surface area contributed by atoms with Gasteiger partial charge in [-0.25, -0.2) is 13.7 Å². The van der Waals surface area contributed by atoms with Crippen LogP contribution in [0.2, 0.25) is 0 Å². The SMILES string of the molecule is CCCCCCCCCCCCOc1cccc(OCC(COP(=O)(O)Oc2ccccc2C[n+]2ccn(CC)c2)OCC)c1C. The molecule has 3 aromatic rings. The zero-order valence-corrected chi connectivity index (χ0v) is 29.3. The lowest BCUT2D eigenvalue weighted by Gasteiger charge is -2.21. The standard InChI is InChI=1S/C36H55N2O7P/c1-5-8-9-10-11-12-13-14-15-18-26-42-34-22-19-23-35(31(34)4)43-28-33(41-7-3)29-44-46(39,40)45-36-21-17-16-20-32(36)27-38-25-24-37(6-2)30-38/h16-17,19-25,30,33H,5-15,18,26-29H2,1-4H3/p+1. The van der Waals surface area contributed by atoms with Crippen LogP contribution in [-0.4, -0.2) is 42.0 Å². The maximum absolute atomic E-state index is 13.0. The Kier molecular flexibility index (Phi) is 17.3. The fraction of sp³-hybridized carbons (Fsp3) is 0.583. The molecule has 10 heteroatoms. The zero-order valence-electron chi connectivity index (χ0n) is 28.4. The molecule has 0 bridgehead atoms. The molecule has 0 amide bonds. The Hall–Kier alpha value is -2.84. The summed E-state index contributed by atoms with van der Waals surface area (Å²) in [4.78, 5) is 10.6. The maximum atomic E-state index is 13.0. The van der Waals surface area contributed by atoms with Crippen LogP contribution in [0.15, 0.2) is 61.2 Å². The molecule has 0 saturated carbocycles. The van der Waals surface area contributed by atoms with Gasteiger partial charge in [-0.2, -0.15) is 0 Å². The number of imidazole rings is 1. The third kappa shape index (κ3) is 13.9. The largest absolute Gasteiger partial charge is 0.527 e. The van der Waals surface area contributed by atoms with Gasteiger partial charge < -0.3 is 18.7 Å². The van der Waals surface area contributed by atoms with Gasteiger partial charge in [0.25, 0.3) is 0 Å². The molecule has 0 aliphatic rings. The first-order valence-electron chi connectivity index (χ1n) is 17.1. The van der Waals surface area contributed by atoms with Crippen LogP contribution in [0, 0.1) is 6.92 Å². The van der Waals surface area contributed by atoms with Crippen LogP contribution in [-0.2, 0) is 26.9 Å². The van der Waals surface area contributed by atoms with E-state index < -0.39 is 13.9 Å². The highest BCUT2D eigenvalue weighted by molar-refractivity contribution is 7.47. The Morgan fingerprint density at radius 2 is 1.48 bits per heavy atom. The molecule has 0 spiro atoms. The van der Waals surface area contributed by atoms with Crippen molar-refractivity contribution in [2.75, 3.05) is 26.4 Å². The van der Waals surface area contributed by atoms with Crippen LogP contribution in [0.1, 0.15) is 96.1 Å². The lowest BCUT2D eigenvalue weighted by atomic mass is 10.1. The Morgan fingerprint density at radius 3 is 2.15 bits per heavy atom. The summed E-state index contributed by atoms with van der Waals surface area (Å²) in [5, 5.41) is 0. The van der Waals surface area contributed by atoms with Crippen LogP contribution in [0.3, 0.4) is 0 Å². The van der Waals surface area contributed by atoms with E-state index in [1.807, 2.05) is 72.0 Å². The number of hydrogen-bond acceptors (Lipinski definition) is 6. The van der Waals surface area contributed by atoms with E-state index in [4.69, 9.17) is 23.3 Å². The van der Waals surface area contributed by atoms with Crippen molar-refractivity contribution >= 4 is 7.82 Å². The van der Waals surface area contributed by atoms with Crippen LogP contribution in [0.4, 0.5) is 0 Å². The number of aromatic nitrogens is 2. The average Bonchev–Trinajstić information content (AvgIpc) is 3.51. The number of phosphoric acid groups is 1. The normalized spacial score (nSPS) is 13.3. The summed E-state index contributed by atoms with van der Waals surface area (Å²) in [6.07, 6.45) is 18.2. The molecule has 1 N–H and O–H groups in total. The molecule has 46 heavy (non-hydrogen) atoms. The van der Waals surface area contributed by atoms with E-state index in [1.165, 1.54) is 57.8 Å². The van der Waals surface area contributed by atoms with Crippen LogP contribution >= 0.6 is 7.82 Å². The van der Waals surface area contributed by atoms with Crippen molar-refractivity contribution in [2.24, 2.45) is 0 Å². The molecule has 9 nitrogen and oxygen atoms in total. The van der Waals surface area contributed by atoms with Gasteiger partial charge in [0.15, 0.2) is 0 Å². The minimum absolute atomic E-state index is 0.137. The Bertz CT molecular complexity index is 1320. The Morgan fingerprint density at radius 1 is 0.826 bits per heavy atom. The fourth-order valence-electron chi connectivity index (χ4n) is 5.21. The van der Waals surface area contributed by atoms with Crippen LogP contribution in [0.5, 0.6) is 17.2 Å². The molecule has 0 radical (unpaired) electrons. The highest BCUT2D eigenvalue weighted by Crippen LogP contribution is 2.45. The molecule has 0 aliphatic carbocycles. The van der Waals surface area contributed by atoms with Gasteiger partial charge in [-0.15, -0.1) is 0 Å². The van der Waals surface area contributed by atoms with Gasteiger partial charge in [-0.3, -0.25) is 9.42 Å². The Balaban J connectivity index is 1.44. The molecule has 1 heterocycles. The number of aryl methyl sites for hydroxylation is 1. The summed E-state index contributed by atoms with van der Waals surface area (Å²) >= 11 is 0. The minimum Gasteiger partial charge on any atom is -0.493 e. The van der Waals surface area contributed by atoms with Crippen LogP contribution < -0.4 is 18.6 Å². The molecular weight excluding hydrogens is 603 g/mol. The molecule has 3 rings (SSSR count). The van der Waals surface area contributed by atoms with E-state index in [0.717, 1.165) is 29.8 Å². The zero-order chi connectivity index (χ0) is 33.0. The van der Waals surface area contributed by atoms with Gasteiger partial charge in [0.2, 0.25) is 6.33 Å². The van der Waals surface area contributed by atoms with E-state index in [2.05, 4.69) is 13.8 Å². The van der Waals surface area contributed by atoms with Crippen molar-refractivity contribution in [1.82, 2.24) is 4.57 Å². The third-order valence-corrected chi connectivity index (χ3v) is 8.79. The summed E-state index contributed by atoms with van der Waals surface area (Å²) in [5.74, 6) is 1.77. The number of benzene rings is 2. The first-order valence-corrected chi connectivity index (χ1v) is 18.6. The van der Waals surface area contributed by atoms with Crippen molar-refractivity contribution in [2.45, 2.75) is 111 Å². The molecule has 0 aliphatic heterocycles. The van der Waals surface area contributed by atoms with E-state index in [0.29, 0.717) is 31.3 Å². The number of hydrogen-bond donors (Lipinski definition) is 1. The smallest absolute Gasteiger partial charge is 0.493 e. The molecule has 2 aromatic carbocycles. The minimum atomic E-state index is -4.44. The molecular formula is C36H56N2O7P+. The van der Waals surface area contributed by atoms with Crippen molar-refractivity contribution in [3.8, 4) is 17.2 Å². The number of nitrogens with zero attached hydrogens (tertiary/aromatic N) is 2. The van der Waals surface area contributed by atoms with Gasteiger partial charge >= 0.3 is 7.82 Å². The number of phosphoric ester groups is 1. The summed E-state index contributed by atoms with van der Waals surface area (Å²) < 4.78 is 45.8. The van der Waals surface area contributed by atoms with Crippen molar-refractivity contribution in [1.29, 1.82) is 0 Å². The highest BCUT2D eigenvalue weighted by atomic mass is 31.2. The summed E-state index contributed by atoms with van der Waals surface area (Å²) in [5.41, 5.74) is 1.67. The number of para-hydroxylation sites is 1. The van der Waals surface area contributed by atoms with Crippen molar-refractivity contribution in [3.63, 3.8) is 0 Å². The van der Waals surface area contributed by atoms with Crippen molar-refractivity contribution < 1.29 is 37.3 Å². The first kappa shape index (κ1) is 37.6. The molecule has 256 valence electrons. The van der Waals surface area contributed by atoms with Gasteiger partial charge in [-0.05, 0) is 45.4 Å². The second kappa shape index (κ2) is 21.1. The lowest BCUT2D eigenvalue weighted by Crippen LogP contribution is -2.31. The second-order valence-corrected chi connectivity index (χ2v) is 13.1. The summed E-state index contributed by atoms with van der Waals surface area (Å²) in [6, 6.07) is 12.9. The fourth-order valence-corrected chi connectivity index (χ4v) is 6.04. The number of unbranched alkanes of at least 4 members (excludes halogenated alkanes) is 9. The molecule has 1 aromatic heterocycles. The molecule has 2 unspecified atom stereocenters. The second-order valence-electron chi connectivity index (χ2n) is 11.7. The van der Waals surface area contributed by atoms with Crippen molar-refractivity contribution in [3.05, 3.63) is 72.3 Å². The predicted octanol–water partition coefficient (Wildman–Crippen LogP) is 8.43. The Labute approximate surface area is 276 Å². The van der Waals surface area contributed by atoms with E-state index in [9.17, 15) is 9.46 Å². The summed E-state index contributed by atoms with van der Waals surface area (Å²) in [7, 11) is -4.44. The molecule has 0 saturated heterocycles. The molecule has 0 fully saturated rings.